The average molecular weight is 236 g/mol. The van der Waals surface area contributed by atoms with Crippen molar-refractivity contribution in [3.8, 4) is 22.8 Å². The highest BCUT2D eigenvalue weighted by molar-refractivity contribution is 7.10. The smallest absolute Gasteiger partial charge is 0.128 e. The average Bonchev–Trinajstić information content (AvgIpc) is 2.66. The van der Waals surface area contributed by atoms with E-state index in [0.29, 0.717) is 11.3 Å². The molecular formula is C11H12N2O2S. The van der Waals surface area contributed by atoms with Crippen molar-refractivity contribution in [3.63, 3.8) is 0 Å². The first kappa shape index (κ1) is 10.9. The molecule has 2 rings (SSSR count). The number of phenols is 2. The van der Waals surface area contributed by atoms with Crippen LogP contribution >= 0.6 is 11.3 Å². The summed E-state index contributed by atoms with van der Waals surface area (Å²) in [5, 5.41) is 21.5. The quantitative estimate of drug-likeness (QED) is 0.747. The highest BCUT2D eigenvalue weighted by atomic mass is 32.1. The van der Waals surface area contributed by atoms with Crippen molar-refractivity contribution in [2.75, 3.05) is 0 Å². The second-order valence-corrected chi connectivity index (χ2v) is 4.45. The van der Waals surface area contributed by atoms with E-state index in [0.717, 1.165) is 5.01 Å². The molecule has 0 saturated heterocycles. The van der Waals surface area contributed by atoms with E-state index in [-0.39, 0.29) is 17.5 Å². The molecule has 1 atom stereocenters. The lowest BCUT2D eigenvalue weighted by Gasteiger charge is -2.02. The maximum Gasteiger partial charge on any atom is 0.128 e. The minimum Gasteiger partial charge on any atom is -0.508 e. The van der Waals surface area contributed by atoms with E-state index in [1.165, 1.54) is 23.5 Å². The molecule has 0 spiro atoms. The van der Waals surface area contributed by atoms with Crippen molar-refractivity contribution in [2.24, 2.45) is 5.73 Å². The summed E-state index contributed by atoms with van der Waals surface area (Å²) in [4.78, 5) is 4.32. The van der Waals surface area contributed by atoms with Crippen molar-refractivity contribution in [3.05, 3.63) is 28.6 Å². The molecule has 4 nitrogen and oxygen atoms in total. The third-order valence-corrected chi connectivity index (χ3v) is 3.21. The summed E-state index contributed by atoms with van der Waals surface area (Å²) in [5.74, 6) is 0.0467. The second-order valence-electron chi connectivity index (χ2n) is 3.56. The van der Waals surface area contributed by atoms with Crippen LogP contribution in [0.5, 0.6) is 11.5 Å². The van der Waals surface area contributed by atoms with Gasteiger partial charge >= 0.3 is 0 Å². The van der Waals surface area contributed by atoms with Crippen LogP contribution in [0.25, 0.3) is 11.3 Å². The Morgan fingerprint density at radius 1 is 1.38 bits per heavy atom. The van der Waals surface area contributed by atoms with Crippen molar-refractivity contribution < 1.29 is 10.2 Å². The number of benzene rings is 1. The fraction of sp³-hybridized carbons (Fsp3) is 0.182. The Balaban J connectivity index is 2.42. The SMILES string of the molecule is C[C@H](N)c1nc(-c2ccc(O)cc2O)cs1. The third kappa shape index (κ3) is 2.00. The number of nitrogens with two attached hydrogens (primary N) is 1. The Bertz CT molecular complexity index is 508. The van der Waals surface area contributed by atoms with Gasteiger partial charge in [-0.05, 0) is 19.1 Å². The first-order valence-electron chi connectivity index (χ1n) is 4.81. The Hall–Kier alpha value is -1.59. The number of aromatic hydroxyl groups is 2. The molecule has 16 heavy (non-hydrogen) atoms. The molecule has 0 unspecified atom stereocenters. The summed E-state index contributed by atoms with van der Waals surface area (Å²) in [5.41, 5.74) is 6.99. The molecule has 0 amide bonds. The van der Waals surface area contributed by atoms with Gasteiger partial charge in [0.1, 0.15) is 16.5 Å². The van der Waals surface area contributed by atoms with E-state index >= 15 is 0 Å². The van der Waals surface area contributed by atoms with Crippen molar-refractivity contribution in [1.82, 2.24) is 4.98 Å². The van der Waals surface area contributed by atoms with Gasteiger partial charge in [-0.3, -0.25) is 0 Å². The standard InChI is InChI=1S/C11H12N2O2S/c1-6(12)11-13-9(5-16-11)8-3-2-7(14)4-10(8)15/h2-6,14-15H,12H2,1H3/t6-/m0/s1. The Kier molecular flexibility index (Phi) is 2.80. The predicted molar refractivity (Wildman–Crippen MR) is 63.5 cm³/mol. The second kappa shape index (κ2) is 4.11. The highest BCUT2D eigenvalue weighted by Crippen LogP contribution is 2.33. The molecule has 4 N–H and O–H groups in total. The summed E-state index contributed by atoms with van der Waals surface area (Å²) in [7, 11) is 0. The summed E-state index contributed by atoms with van der Waals surface area (Å²) in [6.07, 6.45) is 0. The highest BCUT2D eigenvalue weighted by Gasteiger charge is 2.11. The van der Waals surface area contributed by atoms with Gasteiger partial charge in [0, 0.05) is 17.0 Å². The normalized spacial score (nSPS) is 12.6. The van der Waals surface area contributed by atoms with Gasteiger partial charge in [0.05, 0.1) is 11.7 Å². The molecule has 1 heterocycles. The summed E-state index contributed by atoms with van der Waals surface area (Å²) in [6.45, 7) is 1.86. The fourth-order valence-corrected chi connectivity index (χ4v) is 2.13. The molecular weight excluding hydrogens is 224 g/mol. The number of hydrogen-bond donors (Lipinski definition) is 3. The van der Waals surface area contributed by atoms with Gasteiger partial charge in [-0.2, -0.15) is 0 Å². The number of thiazole rings is 1. The fourth-order valence-electron chi connectivity index (χ4n) is 1.36. The van der Waals surface area contributed by atoms with Crippen LogP contribution in [-0.2, 0) is 0 Å². The third-order valence-electron chi connectivity index (χ3n) is 2.17. The Labute approximate surface area is 97.0 Å². The van der Waals surface area contributed by atoms with Crippen LogP contribution in [0.1, 0.15) is 18.0 Å². The number of nitrogens with zero attached hydrogens (tertiary/aromatic N) is 1. The Morgan fingerprint density at radius 3 is 2.69 bits per heavy atom. The maximum atomic E-state index is 9.67. The lowest BCUT2D eigenvalue weighted by molar-refractivity contribution is 0.452. The summed E-state index contributed by atoms with van der Waals surface area (Å²) < 4.78 is 0. The zero-order valence-electron chi connectivity index (χ0n) is 8.71. The zero-order valence-corrected chi connectivity index (χ0v) is 9.53. The van der Waals surface area contributed by atoms with E-state index in [4.69, 9.17) is 5.73 Å². The van der Waals surface area contributed by atoms with E-state index in [1.807, 2.05) is 12.3 Å². The lowest BCUT2D eigenvalue weighted by atomic mass is 10.1. The van der Waals surface area contributed by atoms with Gasteiger partial charge in [0.2, 0.25) is 0 Å². The summed E-state index contributed by atoms with van der Waals surface area (Å²) >= 11 is 1.46. The molecule has 0 aliphatic rings. The molecule has 2 aromatic rings. The molecule has 0 saturated carbocycles. The minimum atomic E-state index is -0.113. The molecule has 0 fully saturated rings. The number of phenolic OH excluding ortho intramolecular Hbond substituents is 2. The van der Waals surface area contributed by atoms with E-state index in [2.05, 4.69) is 4.98 Å². The molecule has 1 aromatic heterocycles. The van der Waals surface area contributed by atoms with Crippen LogP contribution < -0.4 is 5.73 Å². The van der Waals surface area contributed by atoms with Gasteiger partial charge in [-0.15, -0.1) is 11.3 Å². The number of aromatic nitrogens is 1. The van der Waals surface area contributed by atoms with Crippen molar-refractivity contribution in [1.29, 1.82) is 0 Å². The van der Waals surface area contributed by atoms with E-state index in [9.17, 15) is 10.2 Å². The zero-order chi connectivity index (χ0) is 11.7. The van der Waals surface area contributed by atoms with Gasteiger partial charge in [0.25, 0.3) is 0 Å². The number of rotatable bonds is 2. The van der Waals surface area contributed by atoms with Gasteiger partial charge in [-0.25, -0.2) is 4.98 Å². The maximum absolute atomic E-state index is 9.67. The Morgan fingerprint density at radius 2 is 2.12 bits per heavy atom. The van der Waals surface area contributed by atoms with Crippen molar-refractivity contribution in [2.45, 2.75) is 13.0 Å². The van der Waals surface area contributed by atoms with Crippen LogP contribution in [0.15, 0.2) is 23.6 Å². The van der Waals surface area contributed by atoms with Crippen LogP contribution in [0.2, 0.25) is 0 Å². The topological polar surface area (TPSA) is 79.4 Å². The van der Waals surface area contributed by atoms with Gasteiger partial charge in [0.15, 0.2) is 0 Å². The molecule has 84 valence electrons. The molecule has 5 heteroatoms. The predicted octanol–water partition coefficient (Wildman–Crippen LogP) is 2.24. The van der Waals surface area contributed by atoms with Gasteiger partial charge in [-0.1, -0.05) is 0 Å². The van der Waals surface area contributed by atoms with Crippen LogP contribution in [0.4, 0.5) is 0 Å². The monoisotopic (exact) mass is 236 g/mol. The van der Waals surface area contributed by atoms with Crippen LogP contribution in [-0.4, -0.2) is 15.2 Å². The minimum absolute atomic E-state index is 0.0153. The van der Waals surface area contributed by atoms with Crippen LogP contribution in [0, 0.1) is 0 Å². The largest absolute Gasteiger partial charge is 0.508 e. The molecule has 0 aliphatic carbocycles. The molecule has 0 radical (unpaired) electrons. The molecule has 1 aromatic carbocycles. The first-order valence-corrected chi connectivity index (χ1v) is 5.69. The summed E-state index contributed by atoms with van der Waals surface area (Å²) in [6, 6.07) is 4.32. The lowest BCUT2D eigenvalue weighted by Crippen LogP contribution is -2.03. The van der Waals surface area contributed by atoms with Gasteiger partial charge < -0.3 is 15.9 Å². The van der Waals surface area contributed by atoms with Crippen molar-refractivity contribution >= 4 is 11.3 Å². The number of hydrogen-bond acceptors (Lipinski definition) is 5. The molecule has 0 bridgehead atoms. The molecule has 0 aliphatic heterocycles. The first-order chi connectivity index (χ1) is 7.58. The van der Waals surface area contributed by atoms with E-state index < -0.39 is 0 Å². The van der Waals surface area contributed by atoms with Crippen LogP contribution in [0.3, 0.4) is 0 Å². The van der Waals surface area contributed by atoms with E-state index in [1.54, 1.807) is 6.07 Å².